The molecule has 0 amide bonds. The van der Waals surface area contributed by atoms with Gasteiger partial charge in [-0.25, -0.2) is 4.98 Å². The summed E-state index contributed by atoms with van der Waals surface area (Å²) in [4.78, 5) is 8.19. The van der Waals surface area contributed by atoms with Crippen molar-refractivity contribution < 1.29 is 4.42 Å². The number of aromatic nitrogens is 2. The standard InChI is InChI=1S/C9H11N3O/c1-9(2,10)8-12-6-3-4-11-5-7(6)13-8/h3-5H,10H2,1-2H3. The maximum atomic E-state index is 5.84. The van der Waals surface area contributed by atoms with E-state index in [1.165, 1.54) is 0 Å². The average molecular weight is 177 g/mol. The van der Waals surface area contributed by atoms with E-state index in [2.05, 4.69) is 9.97 Å². The SMILES string of the molecule is CC(C)(N)c1nc2ccncc2o1. The van der Waals surface area contributed by atoms with Crippen molar-refractivity contribution in [1.29, 1.82) is 0 Å². The van der Waals surface area contributed by atoms with Crippen molar-refractivity contribution >= 4 is 11.1 Å². The van der Waals surface area contributed by atoms with Gasteiger partial charge in [-0.2, -0.15) is 0 Å². The van der Waals surface area contributed by atoms with E-state index in [-0.39, 0.29) is 0 Å². The molecule has 2 rings (SSSR count). The third-order valence-corrected chi connectivity index (χ3v) is 1.74. The Morgan fingerprint density at radius 2 is 2.23 bits per heavy atom. The van der Waals surface area contributed by atoms with Gasteiger partial charge in [0.1, 0.15) is 5.52 Å². The summed E-state index contributed by atoms with van der Waals surface area (Å²) in [6.45, 7) is 3.70. The van der Waals surface area contributed by atoms with Crippen molar-refractivity contribution in [2.75, 3.05) is 0 Å². The summed E-state index contributed by atoms with van der Waals surface area (Å²) in [5.41, 5.74) is 6.77. The van der Waals surface area contributed by atoms with Gasteiger partial charge in [0.2, 0.25) is 5.89 Å². The molecule has 2 heterocycles. The molecule has 4 nitrogen and oxygen atoms in total. The number of pyridine rings is 1. The molecule has 0 saturated carbocycles. The van der Waals surface area contributed by atoms with E-state index in [0.717, 1.165) is 5.52 Å². The molecule has 0 fully saturated rings. The predicted octanol–water partition coefficient (Wildman–Crippen LogP) is 1.42. The van der Waals surface area contributed by atoms with Gasteiger partial charge in [0.25, 0.3) is 0 Å². The number of fused-ring (bicyclic) bond motifs is 1. The van der Waals surface area contributed by atoms with Crippen molar-refractivity contribution in [2.45, 2.75) is 19.4 Å². The zero-order valence-electron chi connectivity index (χ0n) is 7.61. The van der Waals surface area contributed by atoms with Gasteiger partial charge < -0.3 is 10.2 Å². The number of hydrogen-bond acceptors (Lipinski definition) is 4. The lowest BCUT2D eigenvalue weighted by atomic mass is 10.1. The van der Waals surface area contributed by atoms with Gasteiger partial charge in [0.15, 0.2) is 5.58 Å². The fourth-order valence-corrected chi connectivity index (χ4v) is 1.06. The zero-order valence-corrected chi connectivity index (χ0v) is 7.61. The maximum absolute atomic E-state index is 5.84. The molecule has 0 radical (unpaired) electrons. The second-order valence-corrected chi connectivity index (χ2v) is 3.58. The van der Waals surface area contributed by atoms with Crippen LogP contribution in [0, 0.1) is 0 Å². The topological polar surface area (TPSA) is 64.9 Å². The van der Waals surface area contributed by atoms with Gasteiger partial charge in [0.05, 0.1) is 11.7 Å². The smallest absolute Gasteiger partial charge is 0.215 e. The van der Waals surface area contributed by atoms with E-state index in [0.29, 0.717) is 11.5 Å². The van der Waals surface area contributed by atoms with Gasteiger partial charge in [-0.05, 0) is 19.9 Å². The molecule has 0 saturated heterocycles. The van der Waals surface area contributed by atoms with E-state index in [9.17, 15) is 0 Å². The summed E-state index contributed by atoms with van der Waals surface area (Å²) in [5, 5.41) is 0. The highest BCUT2D eigenvalue weighted by atomic mass is 16.4. The minimum absolute atomic E-state index is 0.538. The first-order valence-electron chi connectivity index (χ1n) is 4.07. The van der Waals surface area contributed by atoms with Crippen molar-refractivity contribution in [1.82, 2.24) is 9.97 Å². The highest BCUT2D eigenvalue weighted by Gasteiger charge is 2.21. The average Bonchev–Trinajstić information content (AvgIpc) is 2.45. The molecule has 4 heteroatoms. The third-order valence-electron chi connectivity index (χ3n) is 1.74. The summed E-state index contributed by atoms with van der Waals surface area (Å²) >= 11 is 0. The lowest BCUT2D eigenvalue weighted by molar-refractivity contribution is 0.394. The van der Waals surface area contributed by atoms with Gasteiger partial charge in [-0.15, -0.1) is 0 Å². The maximum Gasteiger partial charge on any atom is 0.215 e. The summed E-state index contributed by atoms with van der Waals surface area (Å²) in [7, 11) is 0. The fourth-order valence-electron chi connectivity index (χ4n) is 1.06. The molecule has 0 atom stereocenters. The second kappa shape index (κ2) is 2.53. The van der Waals surface area contributed by atoms with Crippen LogP contribution in [0.5, 0.6) is 0 Å². The molecule has 2 N–H and O–H groups in total. The van der Waals surface area contributed by atoms with Crippen LogP contribution in [0.3, 0.4) is 0 Å². The van der Waals surface area contributed by atoms with Gasteiger partial charge in [0, 0.05) is 6.20 Å². The molecule has 0 unspecified atom stereocenters. The highest BCUT2D eigenvalue weighted by molar-refractivity contribution is 5.70. The molecular formula is C9H11N3O. The Morgan fingerprint density at radius 1 is 1.46 bits per heavy atom. The summed E-state index contributed by atoms with van der Waals surface area (Å²) in [6.07, 6.45) is 3.32. The van der Waals surface area contributed by atoms with Crippen LogP contribution in [0.15, 0.2) is 22.9 Å². The largest absolute Gasteiger partial charge is 0.437 e. The van der Waals surface area contributed by atoms with Crippen LogP contribution in [-0.2, 0) is 5.54 Å². The Hall–Kier alpha value is -1.42. The minimum Gasteiger partial charge on any atom is -0.437 e. The molecule has 2 aromatic rings. The Bertz CT molecular complexity index is 395. The van der Waals surface area contributed by atoms with Crippen LogP contribution < -0.4 is 5.73 Å². The van der Waals surface area contributed by atoms with Crippen LogP contribution in [0.2, 0.25) is 0 Å². The fraction of sp³-hybridized carbons (Fsp3) is 0.333. The molecule has 0 spiro atoms. The van der Waals surface area contributed by atoms with Crippen molar-refractivity contribution in [3.63, 3.8) is 0 Å². The Balaban J connectivity index is 2.63. The van der Waals surface area contributed by atoms with Crippen LogP contribution in [-0.4, -0.2) is 9.97 Å². The first-order chi connectivity index (χ1) is 6.07. The van der Waals surface area contributed by atoms with E-state index in [4.69, 9.17) is 10.2 Å². The molecule has 2 aromatic heterocycles. The van der Waals surface area contributed by atoms with Crippen LogP contribution in [0.1, 0.15) is 19.7 Å². The molecule has 0 bridgehead atoms. The molecule has 0 aliphatic carbocycles. The highest BCUT2D eigenvalue weighted by Crippen LogP contribution is 2.20. The van der Waals surface area contributed by atoms with Gasteiger partial charge in [-0.1, -0.05) is 0 Å². The molecule has 0 aliphatic heterocycles. The summed E-state index contributed by atoms with van der Waals surface area (Å²) < 4.78 is 5.43. The lowest BCUT2D eigenvalue weighted by Crippen LogP contribution is -2.28. The predicted molar refractivity (Wildman–Crippen MR) is 49.0 cm³/mol. The molecule has 68 valence electrons. The Morgan fingerprint density at radius 3 is 2.85 bits per heavy atom. The lowest BCUT2D eigenvalue weighted by Gasteiger charge is -2.11. The van der Waals surface area contributed by atoms with Crippen molar-refractivity contribution in [3.8, 4) is 0 Å². The van der Waals surface area contributed by atoms with Crippen LogP contribution in [0.25, 0.3) is 11.1 Å². The molecule has 13 heavy (non-hydrogen) atoms. The number of nitrogens with zero attached hydrogens (tertiary/aromatic N) is 2. The van der Waals surface area contributed by atoms with E-state index in [1.807, 2.05) is 13.8 Å². The monoisotopic (exact) mass is 177 g/mol. The first-order valence-corrected chi connectivity index (χ1v) is 4.07. The molecule has 0 aliphatic rings. The van der Waals surface area contributed by atoms with Crippen LogP contribution >= 0.6 is 0 Å². The van der Waals surface area contributed by atoms with Crippen LogP contribution in [0.4, 0.5) is 0 Å². The van der Waals surface area contributed by atoms with E-state index >= 15 is 0 Å². The number of oxazole rings is 1. The first kappa shape index (κ1) is 8.19. The minimum atomic E-state index is -0.543. The Labute approximate surface area is 75.8 Å². The van der Waals surface area contributed by atoms with Gasteiger partial charge in [-0.3, -0.25) is 4.98 Å². The van der Waals surface area contributed by atoms with E-state index in [1.54, 1.807) is 18.5 Å². The second-order valence-electron chi connectivity index (χ2n) is 3.58. The summed E-state index contributed by atoms with van der Waals surface area (Å²) in [5.74, 6) is 0.538. The number of nitrogens with two attached hydrogens (primary N) is 1. The normalized spacial score (nSPS) is 12.2. The van der Waals surface area contributed by atoms with E-state index < -0.39 is 5.54 Å². The Kier molecular flexibility index (Phi) is 1.60. The van der Waals surface area contributed by atoms with Crippen molar-refractivity contribution in [2.24, 2.45) is 5.73 Å². The summed E-state index contributed by atoms with van der Waals surface area (Å²) in [6, 6.07) is 1.80. The quantitative estimate of drug-likeness (QED) is 0.715. The number of rotatable bonds is 1. The third kappa shape index (κ3) is 1.40. The van der Waals surface area contributed by atoms with Gasteiger partial charge >= 0.3 is 0 Å². The molecular weight excluding hydrogens is 166 g/mol. The zero-order chi connectivity index (χ0) is 9.47. The number of hydrogen-bond donors (Lipinski definition) is 1. The van der Waals surface area contributed by atoms with Crippen molar-refractivity contribution in [3.05, 3.63) is 24.4 Å². The molecule has 0 aromatic carbocycles.